The van der Waals surface area contributed by atoms with E-state index in [1.165, 1.54) is 4.90 Å². The molecule has 0 aromatic heterocycles. The van der Waals surface area contributed by atoms with Crippen LogP contribution in [0.25, 0.3) is 0 Å². The van der Waals surface area contributed by atoms with Crippen molar-refractivity contribution >= 4 is 12.1 Å². The molecule has 0 aromatic rings. The number of esters is 1. The Kier molecular flexibility index (Phi) is 5.62. The van der Waals surface area contributed by atoms with E-state index in [9.17, 15) is 18.4 Å². The zero-order chi connectivity index (χ0) is 21.8. The Hall–Kier alpha value is -1.48. The van der Waals surface area contributed by atoms with Gasteiger partial charge in [0.2, 0.25) is 0 Å². The van der Waals surface area contributed by atoms with Gasteiger partial charge < -0.3 is 9.47 Å². The van der Waals surface area contributed by atoms with Crippen molar-refractivity contribution in [1.29, 1.82) is 0 Å². The lowest BCUT2D eigenvalue weighted by molar-refractivity contribution is -0.166. The van der Waals surface area contributed by atoms with E-state index in [0.29, 0.717) is 32.5 Å². The van der Waals surface area contributed by atoms with Crippen molar-refractivity contribution in [2.45, 2.75) is 71.1 Å². The number of fused-ring (bicyclic) bond motifs is 1. The minimum atomic E-state index is -3.03. The summed E-state index contributed by atoms with van der Waals surface area (Å²) in [7, 11) is 1.77. The van der Waals surface area contributed by atoms with E-state index >= 15 is 0 Å². The summed E-state index contributed by atoms with van der Waals surface area (Å²) in [6.45, 7) is 9.28. The van der Waals surface area contributed by atoms with Crippen LogP contribution in [-0.4, -0.2) is 83.9 Å². The average molecular weight is 417 g/mol. The molecule has 0 radical (unpaired) electrons. The zero-order valence-electron chi connectivity index (χ0n) is 18.2. The average Bonchev–Trinajstić information content (AvgIpc) is 2.99. The third-order valence-corrected chi connectivity index (χ3v) is 6.11. The smallest absolute Gasteiger partial charge is 0.410 e. The highest BCUT2D eigenvalue weighted by atomic mass is 19.3. The number of halogens is 2. The summed E-state index contributed by atoms with van der Waals surface area (Å²) in [5.74, 6) is -3.11. The molecule has 0 aromatic carbocycles. The first-order valence-electron chi connectivity index (χ1n) is 10.3. The maximum absolute atomic E-state index is 14.9. The molecule has 3 fully saturated rings. The first-order chi connectivity index (χ1) is 13.3. The van der Waals surface area contributed by atoms with Crippen molar-refractivity contribution in [3.63, 3.8) is 0 Å². The van der Waals surface area contributed by atoms with Crippen LogP contribution in [0.3, 0.4) is 0 Å². The lowest BCUT2D eigenvalue weighted by atomic mass is 9.63. The van der Waals surface area contributed by atoms with Gasteiger partial charge in [-0.3, -0.25) is 9.69 Å². The van der Waals surface area contributed by atoms with Crippen LogP contribution in [0.2, 0.25) is 0 Å². The van der Waals surface area contributed by atoms with Gasteiger partial charge in [0.25, 0.3) is 5.92 Å². The molecule has 0 unspecified atom stereocenters. The van der Waals surface area contributed by atoms with Crippen molar-refractivity contribution in [2.75, 3.05) is 33.3 Å². The molecular formula is C20H33F2N3O4. The molecule has 2 atom stereocenters. The topological polar surface area (TPSA) is 62.3 Å². The molecular weight excluding hydrogens is 384 g/mol. The molecule has 1 aliphatic carbocycles. The molecule has 7 nitrogen and oxygen atoms in total. The van der Waals surface area contributed by atoms with Gasteiger partial charge in [-0.05, 0) is 53.4 Å². The highest BCUT2D eigenvalue weighted by Gasteiger charge is 2.63. The summed E-state index contributed by atoms with van der Waals surface area (Å²) in [5.41, 5.74) is -1.27. The molecule has 0 N–H and O–H groups in total. The second-order valence-corrected chi connectivity index (χ2v) is 9.90. The van der Waals surface area contributed by atoms with E-state index < -0.39 is 41.7 Å². The van der Waals surface area contributed by atoms with Crippen LogP contribution in [0.5, 0.6) is 0 Å². The fourth-order valence-electron chi connectivity index (χ4n) is 4.95. The number of likely N-dealkylation sites (tertiary alicyclic amines) is 1. The predicted octanol–water partition coefficient (Wildman–Crippen LogP) is 2.75. The fourth-order valence-corrected chi connectivity index (χ4v) is 4.95. The number of carbonyl (C=O) groups excluding carboxylic acids is 2. The zero-order valence-corrected chi connectivity index (χ0v) is 18.2. The Morgan fingerprint density at radius 3 is 2.38 bits per heavy atom. The van der Waals surface area contributed by atoms with Crippen LogP contribution < -0.4 is 0 Å². The largest absolute Gasteiger partial charge is 0.466 e. The van der Waals surface area contributed by atoms with Gasteiger partial charge in [-0.2, -0.15) is 0 Å². The van der Waals surface area contributed by atoms with Gasteiger partial charge in [0.05, 0.1) is 24.6 Å². The number of alkyl halides is 2. The lowest BCUT2D eigenvalue weighted by Gasteiger charge is -2.46. The molecule has 3 aliphatic rings. The number of hydrogen-bond donors (Lipinski definition) is 0. The van der Waals surface area contributed by atoms with E-state index in [1.807, 2.05) is 6.92 Å². The first kappa shape index (κ1) is 22.2. The van der Waals surface area contributed by atoms with Crippen LogP contribution in [0.1, 0.15) is 47.5 Å². The van der Waals surface area contributed by atoms with Crippen molar-refractivity contribution in [3.8, 4) is 0 Å². The van der Waals surface area contributed by atoms with Crippen LogP contribution in [0.15, 0.2) is 0 Å². The minimum Gasteiger partial charge on any atom is -0.466 e. The highest BCUT2D eigenvalue weighted by Crippen LogP contribution is 2.49. The van der Waals surface area contributed by atoms with E-state index in [4.69, 9.17) is 9.47 Å². The molecule has 1 saturated carbocycles. The number of nitrogens with zero attached hydrogens (tertiary/aromatic N) is 3. The van der Waals surface area contributed by atoms with Crippen LogP contribution in [0, 0.1) is 11.3 Å². The summed E-state index contributed by atoms with van der Waals surface area (Å²) >= 11 is 0. The molecule has 9 heteroatoms. The van der Waals surface area contributed by atoms with Crippen molar-refractivity contribution in [3.05, 3.63) is 0 Å². The van der Waals surface area contributed by atoms with Crippen molar-refractivity contribution < 1.29 is 27.8 Å². The van der Waals surface area contributed by atoms with Gasteiger partial charge in [0.1, 0.15) is 11.6 Å². The maximum atomic E-state index is 14.9. The van der Waals surface area contributed by atoms with Crippen LogP contribution >= 0.6 is 0 Å². The minimum absolute atomic E-state index is 0.136. The van der Waals surface area contributed by atoms with E-state index in [1.54, 1.807) is 44.8 Å². The summed E-state index contributed by atoms with van der Waals surface area (Å²) < 4.78 is 40.3. The Balaban J connectivity index is 1.67. The molecule has 0 spiro atoms. The number of hydrogen-bond acceptors (Lipinski definition) is 6. The Labute approximate surface area is 171 Å². The number of ether oxygens (including phenoxy) is 2. The molecule has 3 rings (SSSR count). The number of hydrazine groups is 1. The quantitative estimate of drug-likeness (QED) is 0.656. The Bertz CT molecular complexity index is 661. The van der Waals surface area contributed by atoms with Gasteiger partial charge in [-0.1, -0.05) is 0 Å². The Morgan fingerprint density at radius 2 is 1.83 bits per heavy atom. The van der Waals surface area contributed by atoms with E-state index in [2.05, 4.69) is 0 Å². The fraction of sp³-hybridized carbons (Fsp3) is 0.900. The standard InChI is InChI=1S/C20H33F2N3O4/c1-7-28-16(26)19(5)8-13(9-19)10-25-15-14(11-23(25)6)24(12-20(15,21)22)17(27)29-18(2,3)4/h13-15H,7-12H2,1-6H3/t13?,14-,15+,19?/m0/s1. The monoisotopic (exact) mass is 417 g/mol. The van der Waals surface area contributed by atoms with Crippen LogP contribution in [0.4, 0.5) is 13.6 Å². The second kappa shape index (κ2) is 7.34. The number of carbonyl (C=O) groups is 2. The third-order valence-electron chi connectivity index (χ3n) is 6.11. The number of likely N-dealkylation sites (N-methyl/N-ethyl adjacent to an activating group) is 1. The summed E-state index contributed by atoms with van der Waals surface area (Å²) in [6.07, 6.45) is 0.544. The normalized spacial score (nSPS) is 34.6. The van der Waals surface area contributed by atoms with Gasteiger partial charge >= 0.3 is 12.1 Å². The lowest BCUT2D eigenvalue weighted by Crippen LogP contribution is -2.54. The summed E-state index contributed by atoms with van der Waals surface area (Å²) in [4.78, 5) is 25.8. The van der Waals surface area contributed by atoms with Crippen molar-refractivity contribution in [2.24, 2.45) is 11.3 Å². The second-order valence-electron chi connectivity index (χ2n) is 9.90. The van der Waals surface area contributed by atoms with Gasteiger partial charge in [0, 0.05) is 20.1 Å². The Morgan fingerprint density at radius 1 is 1.21 bits per heavy atom. The summed E-state index contributed by atoms with van der Waals surface area (Å²) in [6, 6.07) is -1.70. The molecule has 2 saturated heterocycles. The molecule has 0 bridgehead atoms. The first-order valence-corrected chi connectivity index (χ1v) is 10.3. The SMILES string of the molecule is CCOC(=O)C1(C)CC(CN2[C@@H]3[C@H](CN2C)N(C(=O)OC(C)(C)C)CC3(F)F)C1. The van der Waals surface area contributed by atoms with Gasteiger partial charge in [-0.25, -0.2) is 23.6 Å². The molecule has 2 heterocycles. The van der Waals surface area contributed by atoms with Crippen LogP contribution in [-0.2, 0) is 14.3 Å². The van der Waals surface area contributed by atoms with Gasteiger partial charge in [-0.15, -0.1) is 0 Å². The third kappa shape index (κ3) is 4.21. The van der Waals surface area contributed by atoms with E-state index in [-0.39, 0.29) is 11.9 Å². The maximum Gasteiger partial charge on any atom is 0.410 e. The molecule has 2 aliphatic heterocycles. The van der Waals surface area contributed by atoms with Crippen molar-refractivity contribution in [1.82, 2.24) is 14.9 Å². The predicted molar refractivity (Wildman–Crippen MR) is 102 cm³/mol. The molecule has 1 amide bonds. The van der Waals surface area contributed by atoms with Gasteiger partial charge in [0.15, 0.2) is 0 Å². The van der Waals surface area contributed by atoms with E-state index in [0.717, 1.165) is 0 Å². The molecule has 166 valence electrons. The molecule has 29 heavy (non-hydrogen) atoms. The number of amides is 1. The highest BCUT2D eigenvalue weighted by molar-refractivity contribution is 5.77. The number of rotatable bonds is 4. The summed E-state index contributed by atoms with van der Waals surface area (Å²) in [5, 5.41) is 3.46.